The summed E-state index contributed by atoms with van der Waals surface area (Å²) in [6, 6.07) is 25.9. The number of hydrogen-bond donors (Lipinski definition) is 4. The Morgan fingerprint density at radius 2 is 1.79 bits per heavy atom. The molecule has 2 aliphatic rings. The van der Waals surface area contributed by atoms with Gasteiger partial charge in [-0.15, -0.1) is 0 Å². The summed E-state index contributed by atoms with van der Waals surface area (Å²) in [5.74, 6) is -0.984. The van der Waals surface area contributed by atoms with Crippen molar-refractivity contribution in [1.82, 2.24) is 4.98 Å². The predicted octanol–water partition coefficient (Wildman–Crippen LogP) is 6.94. The average Bonchev–Trinajstić information content (AvgIpc) is 3.94. The van der Waals surface area contributed by atoms with E-state index in [2.05, 4.69) is 24.8 Å². The molecule has 296 valence electrons. The zero-order valence-electron chi connectivity index (χ0n) is 31.4. The molecule has 1 aliphatic carbocycles. The van der Waals surface area contributed by atoms with Gasteiger partial charge in [-0.2, -0.15) is 11.8 Å². The van der Waals surface area contributed by atoms with Gasteiger partial charge < -0.3 is 34.6 Å². The monoisotopic (exact) mass is 801 g/mol. The number of pyridine rings is 1. The fourth-order valence-corrected chi connectivity index (χ4v) is 8.61. The van der Waals surface area contributed by atoms with Crippen LogP contribution in [0.5, 0.6) is 0 Å². The van der Waals surface area contributed by atoms with E-state index in [0.717, 1.165) is 64.5 Å². The number of nitrogens with zero attached hydrogens (tertiary/aromatic N) is 1. The minimum atomic E-state index is -1.80. The molecule has 56 heavy (non-hydrogen) atoms. The Morgan fingerprint density at radius 3 is 2.54 bits per heavy atom. The number of halogens is 1. The Bertz CT molecular complexity index is 2060. The lowest BCUT2D eigenvalue weighted by Gasteiger charge is -2.38. The van der Waals surface area contributed by atoms with Crippen molar-refractivity contribution in [3.8, 4) is 0 Å². The smallest absolute Gasteiger partial charge is 0.338 e. The summed E-state index contributed by atoms with van der Waals surface area (Å²) in [6.45, 7) is 6.90. The zero-order chi connectivity index (χ0) is 40.0. The summed E-state index contributed by atoms with van der Waals surface area (Å²) in [4.78, 5) is 30.5. The van der Waals surface area contributed by atoms with E-state index >= 15 is 0 Å². The van der Waals surface area contributed by atoms with Crippen molar-refractivity contribution in [1.29, 1.82) is 0 Å². The van der Waals surface area contributed by atoms with Gasteiger partial charge in [0, 0.05) is 21.4 Å². The van der Waals surface area contributed by atoms with Gasteiger partial charge in [-0.3, -0.25) is 4.79 Å². The number of esters is 2. The third kappa shape index (κ3) is 10.5. The number of aromatic nitrogens is 1. The highest BCUT2D eigenvalue weighted by molar-refractivity contribution is 7.99. The highest BCUT2D eigenvalue weighted by Gasteiger charge is 2.50. The van der Waals surface area contributed by atoms with Crippen LogP contribution >= 0.6 is 23.4 Å². The summed E-state index contributed by atoms with van der Waals surface area (Å²) in [6.07, 6.45) is -0.223. The topological polar surface area (TPSA) is 156 Å². The molecule has 3 aromatic carbocycles. The van der Waals surface area contributed by atoms with Gasteiger partial charge in [0.2, 0.25) is 6.29 Å². The molecule has 12 heteroatoms. The van der Waals surface area contributed by atoms with E-state index in [0.29, 0.717) is 10.8 Å². The Labute approximate surface area is 336 Å². The molecule has 1 saturated heterocycles. The van der Waals surface area contributed by atoms with Crippen LogP contribution in [-0.4, -0.2) is 80.4 Å². The molecule has 0 bridgehead atoms. The first-order valence-corrected chi connectivity index (χ1v) is 20.1. The maximum atomic E-state index is 13.3. The third-order valence-corrected chi connectivity index (χ3v) is 12.1. The van der Waals surface area contributed by atoms with Crippen LogP contribution < -0.4 is 0 Å². The molecule has 10 nitrogen and oxygen atoms in total. The van der Waals surface area contributed by atoms with E-state index in [-0.39, 0.29) is 23.7 Å². The van der Waals surface area contributed by atoms with Gasteiger partial charge in [0.05, 0.1) is 23.2 Å². The SMILES string of the molecule is C=CCOC(=O)[C@H]1O[C@@H](OC(=O)CC2(CS[C@H](CCc3ccccc3C(C)(C)O)c3cccc(/C=C/c4ccc5ccc(Cl)cc5n4)c3)CC2)[C@H](O)[C@@H](O)[C@@H]1O. The minimum Gasteiger partial charge on any atom is -0.459 e. The molecule has 0 unspecified atom stereocenters. The van der Waals surface area contributed by atoms with E-state index in [1.165, 1.54) is 6.08 Å². The lowest BCUT2D eigenvalue weighted by molar-refractivity contribution is -0.287. The molecule has 2 heterocycles. The van der Waals surface area contributed by atoms with E-state index < -0.39 is 48.2 Å². The number of hydrogen-bond acceptors (Lipinski definition) is 11. The number of fused-ring (bicyclic) bond motifs is 1. The Morgan fingerprint density at radius 1 is 1.02 bits per heavy atom. The molecule has 4 N–H and O–H groups in total. The minimum absolute atomic E-state index is 0.0371. The second-order valence-electron chi connectivity index (χ2n) is 15.1. The molecule has 1 saturated carbocycles. The molecule has 6 rings (SSSR count). The molecular weight excluding hydrogens is 754 g/mol. The summed E-state index contributed by atoms with van der Waals surface area (Å²) in [7, 11) is 0. The Kier molecular flexibility index (Phi) is 13.4. The van der Waals surface area contributed by atoms with Gasteiger partial charge in [0.15, 0.2) is 6.10 Å². The molecule has 0 amide bonds. The number of aryl methyl sites for hydroxylation is 1. The number of aliphatic hydroxyl groups is 4. The Balaban J connectivity index is 1.16. The predicted molar refractivity (Wildman–Crippen MR) is 218 cm³/mol. The maximum absolute atomic E-state index is 13.3. The third-order valence-electron chi connectivity index (χ3n) is 10.2. The first-order valence-electron chi connectivity index (χ1n) is 18.7. The van der Waals surface area contributed by atoms with Gasteiger partial charge in [0.1, 0.15) is 24.9 Å². The first kappa shape index (κ1) is 41.6. The number of aliphatic hydroxyl groups excluding tert-OH is 3. The van der Waals surface area contributed by atoms with Crippen LogP contribution in [0.3, 0.4) is 0 Å². The number of benzene rings is 3. The van der Waals surface area contributed by atoms with Crippen molar-refractivity contribution >= 4 is 58.4 Å². The van der Waals surface area contributed by atoms with Crippen molar-refractivity contribution < 1.29 is 44.2 Å². The summed E-state index contributed by atoms with van der Waals surface area (Å²) >= 11 is 7.97. The molecule has 2 fully saturated rings. The normalized spacial score (nSPS) is 22.4. The van der Waals surface area contributed by atoms with Gasteiger partial charge in [-0.1, -0.05) is 91.0 Å². The highest BCUT2D eigenvalue weighted by Crippen LogP contribution is 2.54. The van der Waals surface area contributed by atoms with E-state index in [1.807, 2.05) is 72.8 Å². The second-order valence-corrected chi connectivity index (χ2v) is 16.7. The number of thioether (sulfide) groups is 1. The van der Waals surface area contributed by atoms with Crippen LogP contribution in [-0.2, 0) is 35.8 Å². The van der Waals surface area contributed by atoms with Gasteiger partial charge in [-0.25, -0.2) is 9.78 Å². The zero-order valence-corrected chi connectivity index (χ0v) is 33.0. The number of rotatable bonds is 16. The van der Waals surface area contributed by atoms with Crippen LogP contribution in [0.15, 0.2) is 91.5 Å². The largest absolute Gasteiger partial charge is 0.459 e. The fraction of sp³-hybridized carbons (Fsp3) is 0.386. The molecule has 4 aromatic rings. The van der Waals surface area contributed by atoms with E-state index in [1.54, 1.807) is 25.6 Å². The number of carbonyl (C=O) groups is 2. The van der Waals surface area contributed by atoms with Crippen molar-refractivity contribution in [2.24, 2.45) is 5.41 Å². The molecule has 6 atom stereocenters. The standard InChI is InChI=1S/C44H48ClNO9S/c1-4-22-53-41(51)40-38(49)37(48)39(50)42(55-40)54-36(47)25-44(20-21-44)26-56-35(19-15-28-9-5-6-11-33(28)43(2,3)52)30-10-7-8-27(23-30)12-17-32-18-14-29-13-16-31(45)24-34(29)46-32/h4-14,16-18,23-24,35,37-40,42,48-50,52H,1,15,19-22,25-26H2,2-3H3/b17-12+/t35-,37+,38+,39-,40+,42-/m1/s1. The second kappa shape index (κ2) is 18.0. The van der Waals surface area contributed by atoms with Gasteiger partial charge in [-0.05, 0) is 91.5 Å². The quantitative estimate of drug-likeness (QED) is 0.0688. The summed E-state index contributed by atoms with van der Waals surface area (Å²) in [5.41, 5.74) is 4.35. The van der Waals surface area contributed by atoms with Gasteiger partial charge >= 0.3 is 11.9 Å². The molecular formula is C44H48ClNO9S. The van der Waals surface area contributed by atoms with Crippen molar-refractivity contribution in [2.45, 2.75) is 87.5 Å². The van der Waals surface area contributed by atoms with Crippen molar-refractivity contribution in [3.05, 3.63) is 124 Å². The van der Waals surface area contributed by atoms with E-state index in [4.69, 9.17) is 30.8 Å². The number of ether oxygens (including phenoxy) is 3. The Hall–Kier alpha value is -4.07. The van der Waals surface area contributed by atoms with Crippen LogP contribution in [0.4, 0.5) is 0 Å². The average molecular weight is 802 g/mol. The van der Waals surface area contributed by atoms with Crippen LogP contribution in [0.1, 0.15) is 72.7 Å². The van der Waals surface area contributed by atoms with Crippen LogP contribution in [0, 0.1) is 5.41 Å². The molecule has 0 spiro atoms. The molecule has 1 aliphatic heterocycles. The van der Waals surface area contributed by atoms with Crippen LogP contribution in [0.2, 0.25) is 5.02 Å². The van der Waals surface area contributed by atoms with Gasteiger partial charge in [0.25, 0.3) is 0 Å². The molecule has 0 radical (unpaired) electrons. The van der Waals surface area contributed by atoms with Crippen molar-refractivity contribution in [3.63, 3.8) is 0 Å². The lowest BCUT2D eigenvalue weighted by atomic mass is 9.90. The molecule has 1 aromatic heterocycles. The number of carbonyl (C=O) groups excluding carboxylic acids is 2. The first-order chi connectivity index (χ1) is 26.7. The highest BCUT2D eigenvalue weighted by atomic mass is 35.5. The lowest BCUT2D eigenvalue weighted by Crippen LogP contribution is -2.61. The summed E-state index contributed by atoms with van der Waals surface area (Å²) < 4.78 is 15.9. The van der Waals surface area contributed by atoms with Crippen molar-refractivity contribution in [2.75, 3.05) is 12.4 Å². The van der Waals surface area contributed by atoms with Crippen LogP contribution in [0.25, 0.3) is 23.1 Å². The summed E-state index contributed by atoms with van der Waals surface area (Å²) in [5, 5.41) is 43.8. The van der Waals surface area contributed by atoms with E-state index in [9.17, 15) is 30.0 Å². The maximum Gasteiger partial charge on any atom is 0.338 e. The fourth-order valence-electron chi connectivity index (χ4n) is 6.88.